The van der Waals surface area contributed by atoms with Crippen molar-refractivity contribution in [3.63, 3.8) is 0 Å². The number of unbranched alkanes of at least 4 members (excludes halogenated alkanes) is 23. The summed E-state index contributed by atoms with van der Waals surface area (Å²) in [6.07, 6.45) is 39.1. The third-order valence-electron chi connectivity index (χ3n) is 14.7. The molecule has 0 unspecified atom stereocenters. The third-order valence-corrected chi connectivity index (χ3v) is 37.1. The molecule has 4 nitrogen and oxygen atoms in total. The number of thiophene rings is 3. The number of hydrogen-bond acceptors (Lipinski definition) is 7. The topological polar surface area (TPSA) is 36.9 Å². The zero-order valence-corrected chi connectivity index (χ0v) is 58.8. The summed E-state index contributed by atoms with van der Waals surface area (Å²) in [5.41, 5.74) is 2.30. The van der Waals surface area contributed by atoms with Gasteiger partial charge in [-0.05, 0) is 105 Å². The van der Waals surface area contributed by atoms with Gasteiger partial charge in [-0.3, -0.25) is 0 Å². The maximum absolute atomic E-state index is 6.40. The van der Waals surface area contributed by atoms with E-state index in [0.29, 0.717) is 0 Å². The van der Waals surface area contributed by atoms with Crippen LogP contribution in [0.25, 0.3) is 20.9 Å². The molecule has 0 aliphatic carbocycles. The van der Waals surface area contributed by atoms with Crippen LogP contribution >= 0.6 is 65.9 Å². The van der Waals surface area contributed by atoms with Crippen molar-refractivity contribution in [2.24, 2.45) is 0 Å². The molecule has 0 amide bonds. The van der Waals surface area contributed by atoms with E-state index in [1.54, 1.807) is 36.0 Å². The Labute approximate surface area is 511 Å². The Balaban J connectivity index is 0.000000324. The van der Waals surface area contributed by atoms with E-state index >= 15 is 0 Å². The average molecular weight is 1360 g/mol. The second-order valence-electron chi connectivity index (χ2n) is 21.5. The third kappa shape index (κ3) is 29.7. The van der Waals surface area contributed by atoms with Crippen molar-refractivity contribution in [1.82, 2.24) is 0 Å². The maximum atomic E-state index is 6.40. The summed E-state index contributed by atoms with van der Waals surface area (Å²) >= 11 is 10.8. The molecule has 5 aromatic rings. The van der Waals surface area contributed by atoms with Gasteiger partial charge < -0.3 is 18.9 Å². The van der Waals surface area contributed by atoms with Crippen molar-refractivity contribution in [3.05, 3.63) is 85.7 Å². The molecule has 0 saturated heterocycles. The quantitative estimate of drug-likeness (QED) is 0.0288. The van der Waals surface area contributed by atoms with E-state index in [-0.39, 0.29) is 0 Å². The van der Waals surface area contributed by atoms with Crippen LogP contribution in [-0.4, -0.2) is 44.8 Å². The van der Waals surface area contributed by atoms with Gasteiger partial charge in [-0.1, -0.05) is 168 Å². The number of benzene rings is 2. The summed E-state index contributed by atoms with van der Waals surface area (Å²) in [7, 11) is 0. The molecular weight excluding hydrogens is 1260 g/mol. The van der Waals surface area contributed by atoms with Crippen LogP contribution in [0.5, 0.6) is 23.0 Å². The summed E-state index contributed by atoms with van der Waals surface area (Å²) in [5.74, 6) is 3.73. The molecule has 3 heterocycles. The first-order valence-electron chi connectivity index (χ1n) is 31.6. The van der Waals surface area contributed by atoms with Crippen molar-refractivity contribution in [3.8, 4) is 43.9 Å². The molecule has 0 radical (unpaired) electrons. The van der Waals surface area contributed by atoms with Gasteiger partial charge in [0, 0.05) is 20.9 Å². The number of rotatable bonds is 44. The first kappa shape index (κ1) is 70.8. The van der Waals surface area contributed by atoms with Gasteiger partial charge in [0.15, 0.2) is 0 Å². The van der Waals surface area contributed by atoms with E-state index in [0.717, 1.165) is 95.2 Å². The monoisotopic (exact) mass is 1360 g/mol. The van der Waals surface area contributed by atoms with Crippen molar-refractivity contribution in [2.75, 3.05) is 26.4 Å². The molecule has 0 aliphatic rings. The van der Waals surface area contributed by atoms with Crippen LogP contribution in [0.4, 0.5) is 0 Å². The van der Waals surface area contributed by atoms with Gasteiger partial charge in [0.2, 0.25) is 0 Å². The molecule has 0 bridgehead atoms. The predicted octanol–water partition coefficient (Wildman–Crippen LogP) is 25.1. The van der Waals surface area contributed by atoms with E-state index < -0.39 is 18.4 Å². The number of halogens is 2. The summed E-state index contributed by atoms with van der Waals surface area (Å²) in [4.78, 5) is 2.47. The van der Waals surface area contributed by atoms with Gasteiger partial charge in [-0.25, -0.2) is 0 Å². The first-order chi connectivity index (χ1) is 38.3. The molecule has 440 valence electrons. The van der Waals surface area contributed by atoms with Crippen molar-refractivity contribution < 1.29 is 18.9 Å². The Morgan fingerprint density at radius 1 is 0.333 bits per heavy atom. The van der Waals surface area contributed by atoms with Crippen LogP contribution in [0.3, 0.4) is 0 Å². The van der Waals surface area contributed by atoms with E-state index in [2.05, 4.69) is 156 Å². The Bertz CT molecular complexity index is 1990. The van der Waals surface area contributed by atoms with E-state index in [1.807, 2.05) is 15.0 Å². The van der Waals surface area contributed by atoms with Crippen LogP contribution in [0.1, 0.15) is 241 Å². The number of ether oxygens (including phenoxy) is 4. The zero-order valence-electron chi connectivity index (χ0n) is 50.3. The molecule has 5 rings (SSSR count). The van der Waals surface area contributed by atoms with Crippen LogP contribution in [0.2, 0.25) is 13.3 Å². The molecule has 0 spiro atoms. The van der Waals surface area contributed by atoms with Gasteiger partial charge in [0.1, 0.15) is 23.0 Å². The molecule has 0 saturated carbocycles. The van der Waals surface area contributed by atoms with Gasteiger partial charge in [-0.2, -0.15) is 0 Å². The van der Waals surface area contributed by atoms with Crippen LogP contribution < -0.4 is 21.8 Å². The van der Waals surface area contributed by atoms with E-state index in [9.17, 15) is 0 Å². The van der Waals surface area contributed by atoms with Crippen molar-refractivity contribution in [2.45, 2.75) is 254 Å². The Hall–Kier alpha value is -1.50. The second-order valence-corrected chi connectivity index (χ2v) is 40.3. The molecule has 0 aliphatic heterocycles. The van der Waals surface area contributed by atoms with Crippen LogP contribution in [-0.2, 0) is 0 Å². The first-order valence-corrected chi connectivity index (χ1v) is 43.3. The minimum atomic E-state index is -2.01. The molecule has 0 N–H and O–H groups in total. The Morgan fingerprint density at radius 2 is 0.628 bits per heavy atom. The van der Waals surface area contributed by atoms with Crippen LogP contribution in [0, 0.1) is 0 Å². The predicted molar refractivity (Wildman–Crippen MR) is 359 cm³/mol. The molecule has 3 aromatic heterocycles. The van der Waals surface area contributed by atoms with Gasteiger partial charge >= 0.3 is 123 Å². The minimum absolute atomic E-state index is 0.770. The second kappa shape index (κ2) is 46.9. The fourth-order valence-electron chi connectivity index (χ4n) is 9.91. The molecular formula is C68H108Br2O4S3Sn. The fraction of sp³-hybridized carbons (Fsp3) is 0.647. The standard InChI is InChI=1S/C30H42O2S2.C22H36Br2O2.C4H3S.3C4H9.Sn/c1-3-5-7-9-11-13-19-31-27-23-26(30-18-16-22-34-30)28(24-25(27)29-17-15-21-33-29)32-20-14-12-10-8-6-4-2;1-3-5-7-9-11-13-15-25-21-17-20(24)22(18-19(21)23)26-16-14-12-10-8-6-4-2;1-2-4-5-3-1;3*1-3-4-2;/h15-18,21-24H,3-14,19-20H2,1-2H3;17-18H,3-16H2,1-2H3;1-3H;3*1,3-4H2,2H3;. The SMILES string of the molecule is CCCCCCCCOc1cc(-c2cccs2)c(OCCCCCCCC)cc1-c1cccs1.CCCCCCCCOc1cc(Br)c(OCCCCCCCC)cc1Br.CCC[CH2][Sn]([CH2]CCC)([CH2]CCC)[c]1cccs1. The number of hydrogen-bond donors (Lipinski definition) is 0. The fourth-order valence-corrected chi connectivity index (χ4v) is 32.1. The van der Waals surface area contributed by atoms with E-state index in [4.69, 9.17) is 18.9 Å². The van der Waals surface area contributed by atoms with Gasteiger partial charge in [0.05, 0.1) is 35.4 Å². The molecule has 0 atom stereocenters. The van der Waals surface area contributed by atoms with E-state index in [1.165, 1.54) is 177 Å². The Morgan fingerprint density at radius 3 is 0.923 bits per heavy atom. The van der Waals surface area contributed by atoms with Crippen molar-refractivity contribution in [1.29, 1.82) is 0 Å². The van der Waals surface area contributed by atoms with Crippen molar-refractivity contribution >= 4 is 87.1 Å². The summed E-state index contributed by atoms with van der Waals surface area (Å²) in [6, 6.07) is 21.8. The molecule has 0 fully saturated rings. The summed E-state index contributed by atoms with van der Waals surface area (Å²) < 4.78 is 33.2. The van der Waals surface area contributed by atoms with Crippen LogP contribution in [0.15, 0.2) is 85.7 Å². The Kier molecular flexibility index (Phi) is 42.6. The van der Waals surface area contributed by atoms with Gasteiger partial charge in [-0.15, -0.1) is 22.7 Å². The molecule has 2 aromatic carbocycles. The average Bonchev–Trinajstić information content (AvgIpc) is 4.33. The van der Waals surface area contributed by atoms with Gasteiger partial charge in [0.25, 0.3) is 0 Å². The normalized spacial score (nSPS) is 11.2. The summed E-state index contributed by atoms with van der Waals surface area (Å²) in [6.45, 7) is 19.2. The molecule has 10 heteroatoms. The summed E-state index contributed by atoms with van der Waals surface area (Å²) in [5, 5.41) is 6.58. The molecule has 78 heavy (non-hydrogen) atoms. The zero-order chi connectivity index (χ0) is 56.2.